The van der Waals surface area contributed by atoms with Crippen LogP contribution in [0.25, 0.3) is 10.2 Å². The Kier molecular flexibility index (Phi) is 6.21. The predicted octanol–water partition coefficient (Wildman–Crippen LogP) is 5.98. The second-order valence-electron chi connectivity index (χ2n) is 9.82. The van der Waals surface area contributed by atoms with Gasteiger partial charge in [0.15, 0.2) is 19.9 Å². The molecule has 0 aliphatic carbocycles. The quantitative estimate of drug-likeness (QED) is 0.233. The highest BCUT2D eigenvalue weighted by Gasteiger charge is 2.43. The fourth-order valence-electron chi connectivity index (χ4n) is 3.33. The van der Waals surface area contributed by atoms with E-state index in [9.17, 15) is 19.3 Å². The van der Waals surface area contributed by atoms with Gasteiger partial charge in [-0.25, -0.2) is 4.39 Å². The topological polar surface area (TPSA) is 94.8 Å². The summed E-state index contributed by atoms with van der Waals surface area (Å²) in [6.45, 7) is 12.1. The van der Waals surface area contributed by atoms with Gasteiger partial charge in [-0.05, 0) is 30.3 Å². The van der Waals surface area contributed by atoms with Crippen molar-refractivity contribution in [1.82, 2.24) is 9.88 Å². The molecule has 0 saturated carbocycles. The molecule has 0 unspecified atom stereocenters. The van der Waals surface area contributed by atoms with Gasteiger partial charge in [0.1, 0.15) is 5.75 Å². The van der Waals surface area contributed by atoms with Crippen LogP contribution >= 0.6 is 11.3 Å². The van der Waals surface area contributed by atoms with Crippen molar-refractivity contribution in [1.29, 1.82) is 0 Å². The molecule has 34 heavy (non-hydrogen) atoms. The molecule has 180 valence electrons. The number of hydrogen-bond donors (Lipinski definition) is 0. The van der Waals surface area contributed by atoms with E-state index in [-0.39, 0.29) is 28.5 Å². The Morgan fingerprint density at radius 2 is 1.94 bits per heavy atom. The van der Waals surface area contributed by atoms with E-state index in [4.69, 9.17) is 9.16 Å². The Morgan fingerprint density at radius 3 is 2.56 bits per heavy atom. The van der Waals surface area contributed by atoms with Crippen LogP contribution in [0.15, 0.2) is 36.5 Å². The molecule has 1 aromatic carbocycles. The number of halogens is 1. The molecule has 8 nitrogen and oxygen atoms in total. The first-order valence-electron chi connectivity index (χ1n) is 10.8. The number of non-ortho nitro benzene ring substituents is 1. The number of rotatable bonds is 6. The van der Waals surface area contributed by atoms with Gasteiger partial charge in [-0.2, -0.15) is 0 Å². The van der Waals surface area contributed by atoms with Gasteiger partial charge >= 0.3 is 0 Å². The van der Waals surface area contributed by atoms with Gasteiger partial charge in [0.2, 0.25) is 0 Å². The number of nitro groups is 1. The minimum Gasteiger partial charge on any atom is -0.453 e. The average Bonchev–Trinajstić information content (AvgIpc) is 3.16. The second kappa shape index (κ2) is 8.71. The molecular weight excluding hydrogens is 477 g/mol. The third kappa shape index (κ3) is 4.68. The number of carbonyl (C=O) groups excluding carboxylic acids is 1. The number of nitrogens with zero attached hydrogens (tertiary/aromatic N) is 3. The molecule has 0 atom stereocenters. The van der Waals surface area contributed by atoms with Crippen molar-refractivity contribution in [2.24, 2.45) is 0 Å². The fraction of sp³-hybridized carbons (Fsp3) is 0.391. The Hall–Kier alpha value is -2.89. The van der Waals surface area contributed by atoms with Gasteiger partial charge in [0.05, 0.1) is 32.2 Å². The summed E-state index contributed by atoms with van der Waals surface area (Å²) in [5, 5.41) is 10.9. The van der Waals surface area contributed by atoms with Crippen LogP contribution in [0, 0.1) is 15.9 Å². The third-order valence-electron chi connectivity index (χ3n) is 6.34. The molecule has 1 fully saturated rings. The number of benzene rings is 1. The minimum absolute atomic E-state index is 0.0429. The van der Waals surface area contributed by atoms with Crippen LogP contribution in [-0.4, -0.2) is 48.2 Å². The standard InChI is InChI=1S/C23H26FN3O5SSi/c1-23(2,3)34(4,5)32-15-12-26(13-15)22(28)20-11-17-21(33-20)19(8-9-25-17)31-18-7-6-14(27(29)30)10-16(18)24/h6-11,15H,12-13H2,1-5H3. The van der Waals surface area contributed by atoms with Crippen LogP contribution in [-0.2, 0) is 4.43 Å². The normalized spacial score (nSPS) is 14.8. The molecule has 11 heteroatoms. The van der Waals surface area contributed by atoms with Gasteiger partial charge in [-0.1, -0.05) is 20.8 Å². The summed E-state index contributed by atoms with van der Waals surface area (Å²) in [6.07, 6.45) is 1.55. The molecule has 0 N–H and O–H groups in total. The molecule has 0 radical (unpaired) electrons. The molecule has 2 aromatic heterocycles. The van der Waals surface area contributed by atoms with Gasteiger partial charge in [-0.3, -0.25) is 19.9 Å². The number of hydrogen-bond acceptors (Lipinski definition) is 7. The van der Waals surface area contributed by atoms with Crippen molar-refractivity contribution >= 4 is 41.5 Å². The van der Waals surface area contributed by atoms with E-state index in [0.717, 1.165) is 6.07 Å². The zero-order valence-electron chi connectivity index (χ0n) is 19.6. The number of carbonyl (C=O) groups is 1. The Labute approximate surface area is 201 Å². The van der Waals surface area contributed by atoms with E-state index in [1.54, 1.807) is 17.0 Å². The zero-order valence-corrected chi connectivity index (χ0v) is 21.4. The van der Waals surface area contributed by atoms with E-state index >= 15 is 0 Å². The van der Waals surface area contributed by atoms with Crippen LogP contribution in [0.3, 0.4) is 0 Å². The van der Waals surface area contributed by atoms with E-state index in [2.05, 4.69) is 38.8 Å². The number of fused-ring (bicyclic) bond motifs is 1. The fourth-order valence-corrected chi connectivity index (χ4v) is 5.70. The lowest BCUT2D eigenvalue weighted by atomic mass is 10.1. The minimum atomic E-state index is -1.90. The molecule has 0 spiro atoms. The smallest absolute Gasteiger partial charge is 0.272 e. The second-order valence-corrected chi connectivity index (χ2v) is 15.6. The van der Waals surface area contributed by atoms with Crippen molar-refractivity contribution in [2.75, 3.05) is 13.1 Å². The number of nitro benzene ring substituents is 1. The van der Waals surface area contributed by atoms with Crippen molar-refractivity contribution < 1.29 is 23.3 Å². The number of aromatic nitrogens is 1. The first kappa shape index (κ1) is 24.2. The highest BCUT2D eigenvalue weighted by molar-refractivity contribution is 7.21. The first-order chi connectivity index (χ1) is 15.9. The van der Waals surface area contributed by atoms with Gasteiger partial charge in [-0.15, -0.1) is 11.3 Å². The van der Waals surface area contributed by atoms with Crippen LogP contribution in [0.5, 0.6) is 11.5 Å². The van der Waals surface area contributed by atoms with Gasteiger partial charge < -0.3 is 14.1 Å². The van der Waals surface area contributed by atoms with Crippen LogP contribution in [0.2, 0.25) is 18.1 Å². The van der Waals surface area contributed by atoms with E-state index in [1.165, 1.54) is 29.7 Å². The Balaban J connectivity index is 1.48. The highest BCUT2D eigenvalue weighted by Crippen LogP contribution is 2.39. The van der Waals surface area contributed by atoms with Gasteiger partial charge in [0.25, 0.3) is 11.6 Å². The molecule has 1 aliphatic heterocycles. The summed E-state index contributed by atoms with van der Waals surface area (Å²) < 4.78 is 27.0. The van der Waals surface area contributed by atoms with Crippen molar-refractivity contribution in [3.05, 3.63) is 57.3 Å². The Bertz CT molecular complexity index is 1270. The van der Waals surface area contributed by atoms with Crippen LogP contribution < -0.4 is 4.74 Å². The van der Waals surface area contributed by atoms with Crippen molar-refractivity contribution in [3.8, 4) is 11.5 Å². The van der Waals surface area contributed by atoms with Crippen LogP contribution in [0.4, 0.5) is 10.1 Å². The first-order valence-corrected chi connectivity index (χ1v) is 14.6. The molecule has 0 bridgehead atoms. The summed E-state index contributed by atoms with van der Waals surface area (Å²) in [6, 6.07) is 6.46. The SMILES string of the molecule is CC(C)(C)[Si](C)(C)OC1CN(C(=O)c2cc3nccc(Oc4ccc([N+](=O)[O-])cc4F)c3s2)C1. The van der Waals surface area contributed by atoms with Crippen molar-refractivity contribution in [3.63, 3.8) is 0 Å². The molecule has 1 aliphatic rings. The monoisotopic (exact) mass is 503 g/mol. The maximum absolute atomic E-state index is 14.3. The largest absolute Gasteiger partial charge is 0.453 e. The molecule has 1 amide bonds. The number of likely N-dealkylation sites (tertiary alicyclic amines) is 1. The number of pyridine rings is 1. The highest BCUT2D eigenvalue weighted by atomic mass is 32.1. The maximum atomic E-state index is 14.3. The summed E-state index contributed by atoms with van der Waals surface area (Å²) in [7, 11) is -1.90. The van der Waals surface area contributed by atoms with Gasteiger partial charge in [0, 0.05) is 31.4 Å². The van der Waals surface area contributed by atoms with E-state index < -0.39 is 19.1 Å². The average molecular weight is 504 g/mol. The lowest BCUT2D eigenvalue weighted by Crippen LogP contribution is -2.59. The third-order valence-corrected chi connectivity index (χ3v) is 12.0. The number of ether oxygens (including phenoxy) is 1. The zero-order chi connectivity index (χ0) is 24.8. The summed E-state index contributed by atoms with van der Waals surface area (Å²) in [5.74, 6) is -0.775. The summed E-state index contributed by atoms with van der Waals surface area (Å²) in [4.78, 5) is 29.7. The molecule has 4 rings (SSSR count). The van der Waals surface area contributed by atoms with Crippen molar-refractivity contribution in [2.45, 2.75) is 45.0 Å². The predicted molar refractivity (Wildman–Crippen MR) is 131 cm³/mol. The number of thiophene rings is 1. The molecule has 3 heterocycles. The number of amides is 1. The molecule has 1 saturated heterocycles. The lowest BCUT2D eigenvalue weighted by molar-refractivity contribution is -0.385. The Morgan fingerprint density at radius 1 is 1.24 bits per heavy atom. The molecular formula is C23H26FN3O5SSi. The maximum Gasteiger partial charge on any atom is 0.272 e. The summed E-state index contributed by atoms with van der Waals surface area (Å²) >= 11 is 1.22. The van der Waals surface area contributed by atoms with Crippen LogP contribution in [0.1, 0.15) is 30.4 Å². The van der Waals surface area contributed by atoms with E-state index in [1.807, 2.05) is 0 Å². The van der Waals surface area contributed by atoms with E-state index in [0.29, 0.717) is 33.9 Å². The lowest BCUT2D eigenvalue weighted by Gasteiger charge is -2.46. The molecule has 3 aromatic rings. The summed E-state index contributed by atoms with van der Waals surface area (Å²) in [5.41, 5.74) is 0.196.